The summed E-state index contributed by atoms with van der Waals surface area (Å²) in [6, 6.07) is 10.9. The number of hydrazone groups is 1. The molecule has 0 spiro atoms. The molecule has 0 fully saturated rings. The van der Waals surface area contributed by atoms with Gasteiger partial charge in [0.1, 0.15) is 5.75 Å². The van der Waals surface area contributed by atoms with Crippen LogP contribution < -0.4 is 10.2 Å². The maximum absolute atomic E-state index is 12.3. The van der Waals surface area contributed by atoms with Crippen LogP contribution in [-0.4, -0.2) is 23.2 Å². The minimum Gasteiger partial charge on any atom is -0.490 e. The summed E-state index contributed by atoms with van der Waals surface area (Å²) in [6.45, 7) is 5.71. The van der Waals surface area contributed by atoms with Crippen LogP contribution in [0.3, 0.4) is 0 Å². The van der Waals surface area contributed by atoms with Gasteiger partial charge in [0, 0.05) is 10.2 Å². The highest BCUT2D eigenvalue weighted by Crippen LogP contribution is 2.24. The van der Waals surface area contributed by atoms with Gasteiger partial charge in [-0.25, -0.2) is 5.43 Å². The van der Waals surface area contributed by atoms with Crippen molar-refractivity contribution in [1.29, 1.82) is 0 Å². The highest BCUT2D eigenvalue weighted by Gasteiger charge is 2.13. The molecule has 1 aromatic carbocycles. The second kappa shape index (κ2) is 7.87. The van der Waals surface area contributed by atoms with E-state index in [1.807, 2.05) is 45.0 Å². The number of aromatic nitrogens is 1. The van der Waals surface area contributed by atoms with Crippen LogP contribution >= 0.6 is 15.9 Å². The first-order valence-electron chi connectivity index (χ1n) is 7.19. The van der Waals surface area contributed by atoms with E-state index in [9.17, 15) is 4.79 Å². The summed E-state index contributed by atoms with van der Waals surface area (Å²) < 4.78 is 6.45. The molecule has 1 amide bonds. The smallest absolute Gasteiger partial charge is 0.275 e. The van der Waals surface area contributed by atoms with Crippen LogP contribution in [0, 0.1) is 6.92 Å². The Labute approximate surface area is 143 Å². The fraction of sp³-hybridized carbons (Fsp3) is 0.235. The molecule has 0 bridgehead atoms. The number of halogens is 1. The van der Waals surface area contributed by atoms with Gasteiger partial charge in [0.25, 0.3) is 5.91 Å². The van der Waals surface area contributed by atoms with E-state index >= 15 is 0 Å². The minimum atomic E-state index is -0.342. The number of hydrogen-bond donors (Lipinski definition) is 1. The average Bonchev–Trinajstić information content (AvgIpc) is 2.48. The molecule has 23 heavy (non-hydrogen) atoms. The second-order valence-electron chi connectivity index (χ2n) is 5.21. The van der Waals surface area contributed by atoms with Gasteiger partial charge < -0.3 is 4.74 Å². The van der Waals surface area contributed by atoms with Gasteiger partial charge in [-0.1, -0.05) is 22.0 Å². The molecule has 1 N–H and O–H groups in total. The minimum absolute atomic E-state index is 0.0253. The molecule has 5 nitrogen and oxygen atoms in total. The first-order valence-corrected chi connectivity index (χ1v) is 7.98. The SMILES string of the molecule is Cc1cccc(/C=N/NC(=O)c2cc(Br)ccc2OC(C)C)n1. The summed E-state index contributed by atoms with van der Waals surface area (Å²) in [5.74, 6) is 0.176. The second-order valence-corrected chi connectivity index (χ2v) is 6.13. The normalized spacial score (nSPS) is 11.0. The van der Waals surface area contributed by atoms with Gasteiger partial charge in [-0.3, -0.25) is 9.78 Å². The van der Waals surface area contributed by atoms with E-state index in [0.717, 1.165) is 10.2 Å². The maximum atomic E-state index is 12.3. The highest BCUT2D eigenvalue weighted by atomic mass is 79.9. The molecule has 1 heterocycles. The Morgan fingerprint density at radius 2 is 2.13 bits per heavy atom. The molecule has 0 unspecified atom stereocenters. The van der Waals surface area contributed by atoms with Gasteiger partial charge in [-0.15, -0.1) is 0 Å². The Kier molecular flexibility index (Phi) is 5.87. The standard InChI is InChI=1S/C17H18BrN3O2/c1-11(2)23-16-8-7-13(18)9-15(16)17(22)21-19-10-14-6-4-5-12(3)20-14/h4-11H,1-3H3,(H,21,22)/b19-10+. The zero-order valence-corrected chi connectivity index (χ0v) is 14.8. The van der Waals surface area contributed by atoms with Crippen molar-refractivity contribution in [1.82, 2.24) is 10.4 Å². The molecule has 0 radical (unpaired) electrons. The van der Waals surface area contributed by atoms with Crippen molar-refractivity contribution in [3.05, 3.63) is 57.8 Å². The lowest BCUT2D eigenvalue weighted by Crippen LogP contribution is -2.20. The van der Waals surface area contributed by atoms with E-state index in [1.165, 1.54) is 6.21 Å². The summed E-state index contributed by atoms with van der Waals surface area (Å²) in [7, 11) is 0. The Morgan fingerprint density at radius 3 is 2.83 bits per heavy atom. The number of nitrogens with one attached hydrogen (secondary N) is 1. The third-order valence-electron chi connectivity index (χ3n) is 2.82. The van der Waals surface area contributed by atoms with E-state index < -0.39 is 0 Å². The van der Waals surface area contributed by atoms with Crippen LogP contribution in [0.4, 0.5) is 0 Å². The first-order chi connectivity index (χ1) is 11.0. The molecular formula is C17H18BrN3O2. The summed E-state index contributed by atoms with van der Waals surface area (Å²) in [5, 5.41) is 3.95. The zero-order valence-electron chi connectivity index (χ0n) is 13.2. The van der Waals surface area contributed by atoms with Crippen LogP contribution in [0.2, 0.25) is 0 Å². The van der Waals surface area contributed by atoms with Gasteiger partial charge >= 0.3 is 0 Å². The predicted octanol–water partition coefficient (Wildman–Crippen LogP) is 3.70. The lowest BCUT2D eigenvalue weighted by atomic mass is 10.2. The number of rotatable bonds is 5. The summed E-state index contributed by atoms with van der Waals surface area (Å²) in [6.07, 6.45) is 1.48. The number of hydrogen-bond acceptors (Lipinski definition) is 4. The lowest BCUT2D eigenvalue weighted by molar-refractivity contribution is 0.0949. The number of benzene rings is 1. The summed E-state index contributed by atoms with van der Waals surface area (Å²) in [5.41, 5.74) is 4.48. The summed E-state index contributed by atoms with van der Waals surface area (Å²) >= 11 is 3.36. The van der Waals surface area contributed by atoms with Gasteiger partial charge in [-0.05, 0) is 51.1 Å². The molecule has 6 heteroatoms. The number of carbonyl (C=O) groups excluding carboxylic acids is 1. The van der Waals surface area contributed by atoms with Crippen LogP contribution in [0.25, 0.3) is 0 Å². The van der Waals surface area contributed by atoms with Crippen molar-refractivity contribution < 1.29 is 9.53 Å². The van der Waals surface area contributed by atoms with E-state index in [4.69, 9.17) is 4.74 Å². The van der Waals surface area contributed by atoms with Gasteiger partial charge in [0.2, 0.25) is 0 Å². The average molecular weight is 376 g/mol. The van der Waals surface area contributed by atoms with Crippen LogP contribution in [0.5, 0.6) is 5.75 Å². The van der Waals surface area contributed by atoms with Crippen molar-refractivity contribution in [3.8, 4) is 5.75 Å². The monoisotopic (exact) mass is 375 g/mol. The van der Waals surface area contributed by atoms with Gasteiger partial charge in [0.15, 0.2) is 0 Å². The molecule has 0 saturated heterocycles. The number of carbonyl (C=O) groups is 1. The molecule has 0 atom stereocenters. The lowest BCUT2D eigenvalue weighted by Gasteiger charge is -2.13. The fourth-order valence-corrected chi connectivity index (χ4v) is 2.25. The number of pyridine rings is 1. The zero-order chi connectivity index (χ0) is 16.8. The molecule has 0 saturated carbocycles. The van der Waals surface area contributed by atoms with E-state index in [1.54, 1.807) is 12.1 Å². The third-order valence-corrected chi connectivity index (χ3v) is 3.31. The van der Waals surface area contributed by atoms with Crippen molar-refractivity contribution in [2.24, 2.45) is 5.10 Å². The van der Waals surface area contributed by atoms with Crippen LogP contribution in [-0.2, 0) is 0 Å². The molecule has 0 aliphatic rings. The third kappa shape index (κ3) is 5.17. The number of aryl methyl sites for hydroxylation is 1. The van der Waals surface area contributed by atoms with Gasteiger partial charge in [-0.2, -0.15) is 5.10 Å². The van der Waals surface area contributed by atoms with Crippen molar-refractivity contribution in [3.63, 3.8) is 0 Å². The molecule has 2 aromatic rings. The summed E-state index contributed by atoms with van der Waals surface area (Å²) in [4.78, 5) is 16.6. The Morgan fingerprint density at radius 1 is 1.35 bits per heavy atom. The quantitative estimate of drug-likeness (QED) is 0.639. The molecule has 1 aromatic heterocycles. The molecular weight excluding hydrogens is 358 g/mol. The van der Waals surface area contributed by atoms with E-state index in [-0.39, 0.29) is 12.0 Å². The first kappa shape index (κ1) is 17.1. The van der Waals surface area contributed by atoms with Crippen molar-refractivity contribution in [2.75, 3.05) is 0 Å². The molecule has 0 aliphatic carbocycles. The van der Waals surface area contributed by atoms with Crippen LogP contribution in [0.1, 0.15) is 35.6 Å². The molecule has 120 valence electrons. The largest absolute Gasteiger partial charge is 0.490 e. The van der Waals surface area contributed by atoms with Gasteiger partial charge in [0.05, 0.1) is 23.6 Å². The molecule has 0 aliphatic heterocycles. The van der Waals surface area contributed by atoms with Crippen molar-refractivity contribution >= 4 is 28.1 Å². The Balaban J connectivity index is 2.12. The Bertz CT molecular complexity index is 730. The topological polar surface area (TPSA) is 63.6 Å². The number of ether oxygens (including phenoxy) is 1. The molecule has 2 rings (SSSR count). The Hall–Kier alpha value is -2.21. The fourth-order valence-electron chi connectivity index (χ4n) is 1.89. The number of nitrogens with zero attached hydrogens (tertiary/aromatic N) is 2. The van der Waals surface area contributed by atoms with E-state index in [0.29, 0.717) is 17.0 Å². The maximum Gasteiger partial charge on any atom is 0.275 e. The highest BCUT2D eigenvalue weighted by molar-refractivity contribution is 9.10. The number of amides is 1. The van der Waals surface area contributed by atoms with E-state index in [2.05, 4.69) is 31.4 Å². The predicted molar refractivity (Wildman–Crippen MR) is 93.9 cm³/mol. The van der Waals surface area contributed by atoms with Crippen LogP contribution in [0.15, 0.2) is 46.0 Å². The van der Waals surface area contributed by atoms with Crippen molar-refractivity contribution in [2.45, 2.75) is 26.9 Å².